The SMILES string of the molecule is CCC(CC)(CN)C(=O)N(C)CC(=O)Nc1cccc(C)c1C. The number of likely N-dealkylation sites (N-methyl/N-ethyl adjacent to an activating group) is 1. The zero-order chi connectivity index (χ0) is 17.6. The molecule has 0 fully saturated rings. The van der Waals surface area contributed by atoms with Crippen molar-refractivity contribution >= 4 is 17.5 Å². The number of anilines is 1. The van der Waals surface area contributed by atoms with Gasteiger partial charge in [-0.1, -0.05) is 26.0 Å². The Morgan fingerprint density at radius 1 is 1.22 bits per heavy atom. The molecule has 0 heterocycles. The smallest absolute Gasteiger partial charge is 0.243 e. The summed E-state index contributed by atoms with van der Waals surface area (Å²) in [5, 5.41) is 2.88. The maximum absolute atomic E-state index is 12.6. The molecule has 0 spiro atoms. The Hall–Kier alpha value is -1.88. The van der Waals surface area contributed by atoms with E-state index in [-0.39, 0.29) is 18.4 Å². The van der Waals surface area contributed by atoms with Gasteiger partial charge >= 0.3 is 0 Å². The predicted molar refractivity (Wildman–Crippen MR) is 94.3 cm³/mol. The van der Waals surface area contributed by atoms with E-state index in [0.717, 1.165) is 16.8 Å². The van der Waals surface area contributed by atoms with E-state index < -0.39 is 5.41 Å². The van der Waals surface area contributed by atoms with Gasteiger partial charge in [-0.15, -0.1) is 0 Å². The molecule has 5 nitrogen and oxygen atoms in total. The average molecular weight is 319 g/mol. The van der Waals surface area contributed by atoms with Crippen LogP contribution in [0.2, 0.25) is 0 Å². The molecule has 0 aliphatic rings. The second-order valence-electron chi connectivity index (χ2n) is 6.15. The van der Waals surface area contributed by atoms with Crippen LogP contribution in [0.5, 0.6) is 0 Å². The van der Waals surface area contributed by atoms with Crippen LogP contribution in [-0.2, 0) is 9.59 Å². The molecule has 0 aliphatic carbocycles. The fraction of sp³-hybridized carbons (Fsp3) is 0.556. The van der Waals surface area contributed by atoms with E-state index >= 15 is 0 Å². The number of benzene rings is 1. The summed E-state index contributed by atoms with van der Waals surface area (Å²) in [5.41, 5.74) is 8.17. The first-order chi connectivity index (χ1) is 10.8. The number of hydrogen-bond donors (Lipinski definition) is 2. The van der Waals surface area contributed by atoms with E-state index in [9.17, 15) is 9.59 Å². The molecular weight excluding hydrogens is 290 g/mol. The van der Waals surface area contributed by atoms with Crippen LogP contribution in [0.4, 0.5) is 5.69 Å². The fourth-order valence-corrected chi connectivity index (χ4v) is 2.70. The van der Waals surface area contributed by atoms with Crippen molar-refractivity contribution in [1.29, 1.82) is 0 Å². The number of nitrogens with zero attached hydrogens (tertiary/aromatic N) is 1. The van der Waals surface area contributed by atoms with Crippen molar-refractivity contribution in [2.45, 2.75) is 40.5 Å². The summed E-state index contributed by atoms with van der Waals surface area (Å²) in [6.07, 6.45) is 1.34. The van der Waals surface area contributed by atoms with E-state index in [1.165, 1.54) is 4.90 Å². The van der Waals surface area contributed by atoms with Crippen molar-refractivity contribution in [3.05, 3.63) is 29.3 Å². The molecule has 1 aromatic carbocycles. The Labute approximate surface area is 139 Å². The minimum absolute atomic E-state index is 0.0218. The van der Waals surface area contributed by atoms with Crippen molar-refractivity contribution in [3.8, 4) is 0 Å². The Bertz CT molecular complexity index is 557. The van der Waals surface area contributed by atoms with Crippen molar-refractivity contribution < 1.29 is 9.59 Å². The van der Waals surface area contributed by atoms with Crippen LogP contribution in [0.1, 0.15) is 37.8 Å². The van der Waals surface area contributed by atoms with Gasteiger partial charge < -0.3 is 16.0 Å². The van der Waals surface area contributed by atoms with E-state index in [4.69, 9.17) is 5.73 Å². The zero-order valence-corrected chi connectivity index (χ0v) is 14.9. The van der Waals surface area contributed by atoms with E-state index in [1.54, 1.807) is 7.05 Å². The molecule has 0 aliphatic heterocycles. The topological polar surface area (TPSA) is 75.4 Å². The standard InChI is InChI=1S/C18H29N3O2/c1-6-18(7-2,12-19)17(23)21(5)11-16(22)20-15-10-8-9-13(3)14(15)4/h8-10H,6-7,11-12,19H2,1-5H3,(H,20,22). The van der Waals surface area contributed by atoms with Gasteiger partial charge in [-0.25, -0.2) is 0 Å². The maximum Gasteiger partial charge on any atom is 0.243 e. The number of aryl methyl sites for hydroxylation is 1. The molecule has 0 unspecified atom stereocenters. The summed E-state index contributed by atoms with van der Waals surface area (Å²) < 4.78 is 0. The predicted octanol–water partition coefficient (Wildman–Crippen LogP) is 2.47. The third-order valence-corrected chi connectivity index (χ3v) is 4.80. The van der Waals surface area contributed by atoms with Gasteiger partial charge in [-0.2, -0.15) is 0 Å². The summed E-state index contributed by atoms with van der Waals surface area (Å²) >= 11 is 0. The average Bonchev–Trinajstić information content (AvgIpc) is 2.53. The van der Waals surface area contributed by atoms with Crippen LogP contribution >= 0.6 is 0 Å². The minimum atomic E-state index is -0.575. The van der Waals surface area contributed by atoms with Gasteiger partial charge in [0.15, 0.2) is 0 Å². The highest BCUT2D eigenvalue weighted by atomic mass is 16.2. The first kappa shape index (κ1) is 19.2. The molecule has 0 radical (unpaired) electrons. The van der Waals surface area contributed by atoms with E-state index in [2.05, 4.69) is 5.32 Å². The summed E-state index contributed by atoms with van der Waals surface area (Å²) in [6.45, 7) is 8.19. The molecule has 0 atom stereocenters. The number of amides is 2. The van der Waals surface area contributed by atoms with Gasteiger partial charge in [-0.3, -0.25) is 9.59 Å². The van der Waals surface area contributed by atoms with Gasteiger partial charge in [0.25, 0.3) is 0 Å². The van der Waals surface area contributed by atoms with Crippen LogP contribution in [0.15, 0.2) is 18.2 Å². The minimum Gasteiger partial charge on any atom is -0.336 e. The van der Waals surface area contributed by atoms with E-state index in [0.29, 0.717) is 19.4 Å². The summed E-state index contributed by atoms with van der Waals surface area (Å²) in [7, 11) is 1.65. The number of rotatable bonds is 7. The third-order valence-electron chi connectivity index (χ3n) is 4.80. The van der Waals surface area contributed by atoms with E-state index in [1.807, 2.05) is 45.9 Å². The molecule has 0 saturated carbocycles. The van der Waals surface area contributed by atoms with Crippen molar-refractivity contribution in [2.75, 3.05) is 25.5 Å². The zero-order valence-electron chi connectivity index (χ0n) is 14.9. The molecule has 1 rings (SSSR count). The van der Waals surface area contributed by atoms with Crippen LogP contribution in [0.25, 0.3) is 0 Å². The second-order valence-corrected chi connectivity index (χ2v) is 6.15. The molecular formula is C18H29N3O2. The molecule has 1 aromatic rings. The third kappa shape index (κ3) is 4.32. The molecule has 0 aromatic heterocycles. The van der Waals surface area contributed by atoms with Gasteiger partial charge in [0, 0.05) is 19.3 Å². The van der Waals surface area contributed by atoms with Crippen LogP contribution in [0, 0.1) is 19.3 Å². The van der Waals surface area contributed by atoms with Gasteiger partial charge in [0.05, 0.1) is 12.0 Å². The highest BCUT2D eigenvalue weighted by Crippen LogP contribution is 2.27. The number of hydrogen-bond acceptors (Lipinski definition) is 3. The molecule has 0 saturated heterocycles. The molecule has 5 heteroatoms. The summed E-state index contributed by atoms with van der Waals surface area (Å²) in [5.74, 6) is -0.270. The first-order valence-electron chi connectivity index (χ1n) is 8.13. The lowest BCUT2D eigenvalue weighted by atomic mass is 9.81. The Morgan fingerprint density at radius 3 is 2.35 bits per heavy atom. The number of carbonyl (C=O) groups is 2. The first-order valence-corrected chi connectivity index (χ1v) is 8.13. The lowest BCUT2D eigenvalue weighted by Gasteiger charge is -2.33. The monoisotopic (exact) mass is 319 g/mol. The van der Waals surface area contributed by atoms with Gasteiger partial charge in [0.2, 0.25) is 11.8 Å². The molecule has 23 heavy (non-hydrogen) atoms. The van der Waals surface area contributed by atoms with Crippen molar-refractivity contribution in [2.24, 2.45) is 11.1 Å². The maximum atomic E-state index is 12.6. The highest BCUT2D eigenvalue weighted by Gasteiger charge is 2.36. The number of carbonyl (C=O) groups excluding carboxylic acids is 2. The van der Waals surface area contributed by atoms with Crippen LogP contribution in [0.3, 0.4) is 0 Å². The van der Waals surface area contributed by atoms with Crippen LogP contribution < -0.4 is 11.1 Å². The second kappa shape index (κ2) is 8.11. The Balaban J connectivity index is 2.77. The quantitative estimate of drug-likeness (QED) is 0.810. The summed E-state index contributed by atoms with van der Waals surface area (Å²) in [4.78, 5) is 26.4. The molecule has 2 amide bonds. The number of nitrogens with two attached hydrogens (primary N) is 1. The fourth-order valence-electron chi connectivity index (χ4n) is 2.70. The lowest BCUT2D eigenvalue weighted by Crippen LogP contribution is -2.48. The highest BCUT2D eigenvalue weighted by molar-refractivity contribution is 5.96. The largest absolute Gasteiger partial charge is 0.336 e. The number of nitrogens with one attached hydrogen (secondary N) is 1. The van der Waals surface area contributed by atoms with Gasteiger partial charge in [-0.05, 0) is 43.9 Å². The summed E-state index contributed by atoms with van der Waals surface area (Å²) in [6, 6.07) is 5.77. The van der Waals surface area contributed by atoms with Crippen molar-refractivity contribution in [3.63, 3.8) is 0 Å². The van der Waals surface area contributed by atoms with Gasteiger partial charge in [0.1, 0.15) is 0 Å². The Morgan fingerprint density at radius 2 is 1.83 bits per heavy atom. The normalized spacial score (nSPS) is 11.2. The molecule has 128 valence electrons. The van der Waals surface area contributed by atoms with Crippen LogP contribution in [-0.4, -0.2) is 36.9 Å². The molecule has 3 N–H and O–H groups in total. The molecule has 0 bridgehead atoms. The lowest BCUT2D eigenvalue weighted by molar-refractivity contribution is -0.142. The van der Waals surface area contributed by atoms with Crippen molar-refractivity contribution in [1.82, 2.24) is 4.90 Å². The Kier molecular flexibility index (Phi) is 6.76.